The Labute approximate surface area is 204 Å². The minimum atomic E-state index is -1.61. The molecule has 12 N–H and O–H groups in total. The van der Waals surface area contributed by atoms with Gasteiger partial charge >= 0.3 is 0 Å². The highest BCUT2D eigenvalue weighted by molar-refractivity contribution is 5.02. The maximum Gasteiger partial charge on any atom is 0.187 e. The molecule has 14 heteroatoms. The van der Waals surface area contributed by atoms with E-state index in [-0.39, 0.29) is 13.0 Å². The first-order valence-corrected chi connectivity index (χ1v) is 11.9. The third kappa shape index (κ3) is 5.81. The lowest BCUT2D eigenvalue weighted by Gasteiger charge is -2.49. The van der Waals surface area contributed by atoms with Crippen LogP contribution in [0.25, 0.3) is 0 Å². The average Bonchev–Trinajstić information content (AvgIpc) is 2.80. The van der Waals surface area contributed by atoms with Crippen LogP contribution in [0.15, 0.2) is 0 Å². The Morgan fingerprint density at radius 3 is 2.00 bits per heavy atom. The zero-order valence-corrected chi connectivity index (χ0v) is 20.5. The van der Waals surface area contributed by atoms with Crippen LogP contribution in [0.5, 0.6) is 0 Å². The largest absolute Gasteiger partial charge is 0.388 e. The summed E-state index contributed by atoms with van der Waals surface area (Å²) in [7, 11) is 3.23. The van der Waals surface area contributed by atoms with E-state index >= 15 is 0 Å². The lowest BCUT2D eigenvalue weighted by atomic mass is 9.84. The van der Waals surface area contributed by atoms with Crippen molar-refractivity contribution in [1.82, 2.24) is 10.6 Å². The molecular formula is C21H42N4O10. The van der Waals surface area contributed by atoms with Gasteiger partial charge in [-0.25, -0.2) is 0 Å². The van der Waals surface area contributed by atoms with Gasteiger partial charge in [-0.15, -0.1) is 0 Å². The molecule has 0 spiro atoms. The van der Waals surface area contributed by atoms with E-state index in [1.807, 2.05) is 0 Å². The Bertz CT molecular complexity index is 692. The average molecular weight is 511 g/mol. The minimum absolute atomic E-state index is 0.134. The molecular weight excluding hydrogens is 468 g/mol. The van der Waals surface area contributed by atoms with Gasteiger partial charge in [0.1, 0.15) is 54.4 Å². The van der Waals surface area contributed by atoms with E-state index in [1.54, 1.807) is 21.0 Å². The molecule has 14 nitrogen and oxygen atoms in total. The second kappa shape index (κ2) is 11.4. The van der Waals surface area contributed by atoms with Crippen LogP contribution in [-0.4, -0.2) is 143 Å². The molecule has 0 amide bonds. The van der Waals surface area contributed by atoms with Crippen molar-refractivity contribution < 1.29 is 49.6 Å². The SMILES string of the molecule is CNC(C)C1O[C@@H](O[C@@H]2C(N)C[C@@H](N)C(O[C@H]3OC[C@](C)(O)C(NC)C3O)C2O)C(O)C(O)[C@@H]1O. The lowest BCUT2D eigenvalue weighted by molar-refractivity contribution is -0.333. The molecule has 3 rings (SSSR count). The standard InChI is InChI=1S/C21H42N4O10/c1-7(24-3)15-11(27)10(26)12(28)20(33-15)35-17-9(23)5-8(22)16(13(17)29)34-19-14(30)18(25-4)21(2,31)6-32-19/h7-20,24-31H,5-6,22-23H2,1-4H3/t7?,8-,9?,10?,11+,12?,13?,14?,15?,16?,17-,18?,19-,20+,21+/m1/s1. The molecule has 2 aliphatic heterocycles. The fourth-order valence-corrected chi connectivity index (χ4v) is 5.08. The van der Waals surface area contributed by atoms with Crippen LogP contribution < -0.4 is 22.1 Å². The fourth-order valence-electron chi connectivity index (χ4n) is 5.08. The summed E-state index contributed by atoms with van der Waals surface area (Å²) < 4.78 is 23.0. The van der Waals surface area contributed by atoms with Gasteiger partial charge in [-0.05, 0) is 34.4 Å². The molecule has 2 heterocycles. The maximum atomic E-state index is 11.1. The number of hydrogen-bond acceptors (Lipinski definition) is 14. The van der Waals surface area contributed by atoms with Gasteiger partial charge < -0.3 is 71.7 Å². The van der Waals surface area contributed by atoms with Crippen molar-refractivity contribution in [2.45, 2.75) is 111 Å². The van der Waals surface area contributed by atoms with Crippen molar-refractivity contribution in [3.8, 4) is 0 Å². The Kier molecular flexibility index (Phi) is 9.49. The monoisotopic (exact) mass is 510 g/mol. The van der Waals surface area contributed by atoms with Crippen molar-refractivity contribution in [1.29, 1.82) is 0 Å². The van der Waals surface area contributed by atoms with Gasteiger partial charge in [0.25, 0.3) is 0 Å². The zero-order chi connectivity index (χ0) is 26.2. The minimum Gasteiger partial charge on any atom is -0.388 e. The molecule has 0 aromatic heterocycles. The van der Waals surface area contributed by atoms with Gasteiger partial charge in [-0.3, -0.25) is 0 Å². The number of nitrogens with two attached hydrogens (primary N) is 2. The van der Waals surface area contributed by atoms with E-state index in [9.17, 15) is 30.6 Å². The van der Waals surface area contributed by atoms with Crippen molar-refractivity contribution in [3.05, 3.63) is 0 Å². The highest BCUT2D eigenvalue weighted by Gasteiger charge is 2.52. The third-order valence-corrected chi connectivity index (χ3v) is 7.34. The number of aliphatic hydroxyl groups excluding tert-OH is 5. The maximum absolute atomic E-state index is 11.1. The Balaban J connectivity index is 1.73. The molecule has 3 aliphatic rings. The van der Waals surface area contributed by atoms with Gasteiger partial charge in [0.05, 0.1) is 12.6 Å². The lowest BCUT2D eigenvalue weighted by Crippen LogP contribution is -2.69. The molecule has 0 radical (unpaired) electrons. The first-order valence-electron chi connectivity index (χ1n) is 11.9. The molecule has 2 saturated heterocycles. The molecule has 0 bridgehead atoms. The highest BCUT2D eigenvalue weighted by atomic mass is 16.7. The number of ether oxygens (including phenoxy) is 4. The van der Waals surface area contributed by atoms with Gasteiger partial charge in [0.15, 0.2) is 12.6 Å². The number of likely N-dealkylation sites (N-methyl/N-ethyl adjacent to an activating group) is 2. The number of rotatable bonds is 7. The van der Waals surface area contributed by atoms with Crippen molar-refractivity contribution in [2.24, 2.45) is 11.5 Å². The normalized spacial score (nSPS) is 52.3. The quantitative estimate of drug-likeness (QED) is 0.154. The van der Waals surface area contributed by atoms with Gasteiger partial charge in [0, 0.05) is 18.1 Å². The number of nitrogens with one attached hydrogen (secondary N) is 2. The molecule has 1 aliphatic carbocycles. The second-order valence-electron chi connectivity index (χ2n) is 10.1. The summed E-state index contributed by atoms with van der Waals surface area (Å²) >= 11 is 0. The van der Waals surface area contributed by atoms with Gasteiger partial charge in [-0.1, -0.05) is 0 Å². The van der Waals surface area contributed by atoms with E-state index < -0.39 is 91.2 Å². The molecule has 1 saturated carbocycles. The highest BCUT2D eigenvalue weighted by Crippen LogP contribution is 2.32. The second-order valence-corrected chi connectivity index (χ2v) is 10.1. The van der Waals surface area contributed by atoms with Crippen LogP contribution in [0.3, 0.4) is 0 Å². The summed E-state index contributed by atoms with van der Waals surface area (Å²) in [5, 5.41) is 69.1. The first kappa shape index (κ1) is 29.0. The summed E-state index contributed by atoms with van der Waals surface area (Å²) in [5.41, 5.74) is 11.1. The van der Waals surface area contributed by atoms with Crippen LogP contribution in [0.2, 0.25) is 0 Å². The van der Waals surface area contributed by atoms with Crippen LogP contribution >= 0.6 is 0 Å². The third-order valence-electron chi connectivity index (χ3n) is 7.34. The number of aliphatic hydroxyl groups is 6. The fraction of sp³-hybridized carbons (Fsp3) is 1.00. The van der Waals surface area contributed by atoms with Gasteiger partial charge in [0.2, 0.25) is 0 Å². The molecule has 35 heavy (non-hydrogen) atoms. The Morgan fingerprint density at radius 2 is 1.46 bits per heavy atom. The predicted molar refractivity (Wildman–Crippen MR) is 121 cm³/mol. The first-order chi connectivity index (χ1) is 16.3. The van der Waals surface area contributed by atoms with Crippen LogP contribution in [0, 0.1) is 0 Å². The Morgan fingerprint density at radius 1 is 0.886 bits per heavy atom. The molecule has 15 atom stereocenters. The number of hydrogen-bond donors (Lipinski definition) is 10. The molecule has 9 unspecified atom stereocenters. The zero-order valence-electron chi connectivity index (χ0n) is 20.5. The van der Waals surface area contributed by atoms with Crippen LogP contribution in [0.4, 0.5) is 0 Å². The van der Waals surface area contributed by atoms with E-state index in [0.29, 0.717) is 0 Å². The predicted octanol–water partition coefficient (Wildman–Crippen LogP) is -5.35. The van der Waals surface area contributed by atoms with Crippen LogP contribution in [-0.2, 0) is 18.9 Å². The van der Waals surface area contributed by atoms with Crippen LogP contribution in [0.1, 0.15) is 20.3 Å². The van der Waals surface area contributed by atoms with E-state index in [0.717, 1.165) is 0 Å². The summed E-state index contributed by atoms with van der Waals surface area (Å²) in [6.45, 7) is 3.11. The summed E-state index contributed by atoms with van der Waals surface area (Å²) in [6, 6.07) is -2.68. The molecule has 0 aromatic rings. The summed E-state index contributed by atoms with van der Waals surface area (Å²) in [4.78, 5) is 0. The van der Waals surface area contributed by atoms with Crippen molar-refractivity contribution in [3.63, 3.8) is 0 Å². The molecule has 0 aromatic carbocycles. The summed E-state index contributed by atoms with van der Waals surface area (Å²) in [5.74, 6) is 0. The van der Waals surface area contributed by atoms with Crippen molar-refractivity contribution in [2.75, 3.05) is 20.7 Å². The van der Waals surface area contributed by atoms with Gasteiger partial charge in [-0.2, -0.15) is 0 Å². The Hall–Kier alpha value is -0.560. The van der Waals surface area contributed by atoms with Crippen molar-refractivity contribution >= 4 is 0 Å². The van der Waals surface area contributed by atoms with E-state index in [2.05, 4.69) is 10.6 Å². The smallest absolute Gasteiger partial charge is 0.187 e. The summed E-state index contributed by atoms with van der Waals surface area (Å²) in [6.07, 6.45) is -12.8. The van der Waals surface area contributed by atoms with E-state index in [4.69, 9.17) is 30.4 Å². The van der Waals surface area contributed by atoms with E-state index in [1.165, 1.54) is 6.92 Å². The molecule has 3 fully saturated rings. The molecule has 206 valence electrons. The topological polar surface area (TPSA) is 234 Å².